The van der Waals surface area contributed by atoms with Gasteiger partial charge >= 0.3 is 0 Å². The molecule has 0 aliphatic rings. The minimum absolute atomic E-state index is 0.117. The van der Waals surface area contributed by atoms with Gasteiger partial charge < -0.3 is 5.32 Å². The van der Waals surface area contributed by atoms with Crippen molar-refractivity contribution in [1.82, 2.24) is 9.55 Å². The lowest BCUT2D eigenvalue weighted by atomic mass is 10.3. The van der Waals surface area contributed by atoms with Crippen molar-refractivity contribution in [2.45, 2.75) is 10.1 Å². The molecule has 0 bridgehead atoms. The largest absolute Gasteiger partial charge is 0.325 e. The molecule has 2 aromatic carbocycles. The van der Waals surface area contributed by atoms with E-state index in [2.05, 4.69) is 10.3 Å². The number of nitrogens with zero attached hydrogens (tertiary/aromatic N) is 2. The van der Waals surface area contributed by atoms with E-state index in [0.29, 0.717) is 26.1 Å². The van der Waals surface area contributed by atoms with Crippen molar-refractivity contribution in [3.63, 3.8) is 0 Å². The van der Waals surface area contributed by atoms with Crippen LogP contribution in [0.3, 0.4) is 0 Å². The standard InChI is InChI=1S/C21H16ClN3O2S3/c1-28-16-7-3-5-14(11-16)23-18(26)12-30-21-24-17-8-9-29-19(17)20(27)25(21)15-6-2-4-13(22)10-15/h2-11H,12H2,1H3,(H,23,26). The molecule has 0 saturated heterocycles. The molecule has 152 valence electrons. The Morgan fingerprint density at radius 1 is 1.20 bits per heavy atom. The zero-order chi connectivity index (χ0) is 21.1. The molecule has 5 nitrogen and oxygen atoms in total. The Morgan fingerprint density at radius 2 is 2.03 bits per heavy atom. The number of carbonyl (C=O) groups excluding carboxylic acids is 1. The summed E-state index contributed by atoms with van der Waals surface area (Å²) in [6.07, 6.45) is 1.98. The van der Waals surface area contributed by atoms with Crippen LogP contribution in [0.4, 0.5) is 5.69 Å². The molecule has 0 fully saturated rings. The van der Waals surface area contributed by atoms with Gasteiger partial charge in [0, 0.05) is 15.6 Å². The second kappa shape index (κ2) is 9.26. The molecule has 0 spiro atoms. The number of thioether (sulfide) groups is 2. The highest BCUT2D eigenvalue weighted by atomic mass is 35.5. The Morgan fingerprint density at radius 3 is 2.83 bits per heavy atom. The lowest BCUT2D eigenvalue weighted by molar-refractivity contribution is -0.113. The van der Waals surface area contributed by atoms with E-state index in [0.717, 1.165) is 10.6 Å². The summed E-state index contributed by atoms with van der Waals surface area (Å²) in [5.41, 5.74) is 1.80. The first kappa shape index (κ1) is 21.0. The molecule has 0 atom stereocenters. The van der Waals surface area contributed by atoms with E-state index in [1.165, 1.54) is 27.7 Å². The smallest absolute Gasteiger partial charge is 0.276 e. The summed E-state index contributed by atoms with van der Waals surface area (Å²) >= 11 is 10.3. The van der Waals surface area contributed by atoms with Gasteiger partial charge in [-0.25, -0.2) is 4.98 Å². The number of halogens is 1. The van der Waals surface area contributed by atoms with E-state index in [-0.39, 0.29) is 17.2 Å². The highest BCUT2D eigenvalue weighted by molar-refractivity contribution is 7.99. The van der Waals surface area contributed by atoms with Crippen LogP contribution in [0.2, 0.25) is 5.02 Å². The molecule has 30 heavy (non-hydrogen) atoms. The fourth-order valence-corrected chi connectivity index (χ4v) is 5.08. The lowest BCUT2D eigenvalue weighted by Gasteiger charge is -2.12. The first-order chi connectivity index (χ1) is 14.5. The Bertz CT molecular complexity index is 1290. The maximum Gasteiger partial charge on any atom is 0.276 e. The van der Waals surface area contributed by atoms with Crippen molar-refractivity contribution in [3.8, 4) is 5.69 Å². The van der Waals surface area contributed by atoms with Crippen molar-refractivity contribution in [3.05, 3.63) is 75.4 Å². The van der Waals surface area contributed by atoms with Gasteiger partial charge in [0.15, 0.2) is 5.16 Å². The summed E-state index contributed by atoms with van der Waals surface area (Å²) in [5, 5.41) is 5.70. The minimum Gasteiger partial charge on any atom is -0.325 e. The maximum atomic E-state index is 13.1. The number of anilines is 1. The highest BCUT2D eigenvalue weighted by Crippen LogP contribution is 2.25. The summed E-state index contributed by atoms with van der Waals surface area (Å²) in [7, 11) is 0. The van der Waals surface area contributed by atoms with Crippen molar-refractivity contribution < 1.29 is 4.79 Å². The van der Waals surface area contributed by atoms with Gasteiger partial charge in [-0.15, -0.1) is 23.1 Å². The van der Waals surface area contributed by atoms with Crippen LogP contribution in [0.5, 0.6) is 0 Å². The fraction of sp³-hybridized carbons (Fsp3) is 0.0952. The Hall–Kier alpha value is -2.26. The third-order valence-corrected chi connectivity index (χ3v) is 6.99. The predicted octanol–water partition coefficient (Wildman–Crippen LogP) is 5.55. The first-order valence-corrected chi connectivity index (χ1v) is 12.3. The van der Waals surface area contributed by atoms with Crippen LogP contribution in [0.15, 0.2) is 74.8 Å². The molecular weight excluding hydrogens is 458 g/mol. The van der Waals surface area contributed by atoms with Gasteiger partial charge in [0.25, 0.3) is 5.56 Å². The SMILES string of the molecule is CSc1cccc(NC(=O)CSc2nc3ccsc3c(=O)n2-c2cccc(Cl)c2)c1. The van der Waals surface area contributed by atoms with E-state index in [1.54, 1.807) is 36.0 Å². The lowest BCUT2D eigenvalue weighted by Crippen LogP contribution is -2.22. The summed E-state index contributed by atoms with van der Waals surface area (Å²) in [4.78, 5) is 31.3. The van der Waals surface area contributed by atoms with Gasteiger partial charge in [0.05, 0.1) is 17.0 Å². The molecule has 0 saturated carbocycles. The van der Waals surface area contributed by atoms with Gasteiger partial charge in [-0.3, -0.25) is 14.2 Å². The number of fused-ring (bicyclic) bond motifs is 1. The highest BCUT2D eigenvalue weighted by Gasteiger charge is 2.16. The molecule has 2 heterocycles. The van der Waals surface area contributed by atoms with Crippen molar-refractivity contribution in [2.24, 2.45) is 0 Å². The molecule has 1 amide bonds. The quantitative estimate of drug-likeness (QED) is 0.293. The van der Waals surface area contributed by atoms with Crippen molar-refractivity contribution in [1.29, 1.82) is 0 Å². The van der Waals surface area contributed by atoms with Crippen molar-refractivity contribution in [2.75, 3.05) is 17.3 Å². The van der Waals surface area contributed by atoms with E-state index < -0.39 is 0 Å². The molecule has 1 N–H and O–H groups in total. The second-order valence-electron chi connectivity index (χ2n) is 6.22. The van der Waals surface area contributed by atoms with Gasteiger partial charge in [-0.1, -0.05) is 35.5 Å². The molecule has 4 rings (SSSR count). The zero-order valence-corrected chi connectivity index (χ0v) is 19.0. The van der Waals surface area contributed by atoms with Gasteiger partial charge in [-0.2, -0.15) is 0 Å². The number of amides is 1. The van der Waals surface area contributed by atoms with Gasteiger partial charge in [0.1, 0.15) is 4.70 Å². The van der Waals surface area contributed by atoms with E-state index in [4.69, 9.17) is 11.6 Å². The number of thiophene rings is 1. The number of nitrogens with one attached hydrogen (secondary N) is 1. The fourth-order valence-electron chi connectivity index (χ4n) is 2.86. The van der Waals surface area contributed by atoms with Crippen LogP contribution in [-0.4, -0.2) is 27.5 Å². The minimum atomic E-state index is -0.173. The molecule has 4 aromatic rings. The normalized spacial score (nSPS) is 11.0. The Labute approximate surface area is 190 Å². The average molecular weight is 474 g/mol. The summed E-state index contributed by atoms with van der Waals surface area (Å²) < 4.78 is 2.08. The van der Waals surface area contributed by atoms with E-state index in [1.807, 2.05) is 42.0 Å². The molecule has 9 heteroatoms. The average Bonchev–Trinajstić information content (AvgIpc) is 3.21. The number of hydrogen-bond acceptors (Lipinski definition) is 6. The van der Waals surface area contributed by atoms with Crippen LogP contribution in [0.1, 0.15) is 0 Å². The Balaban J connectivity index is 1.62. The summed E-state index contributed by atoms with van der Waals surface area (Å²) in [6, 6.07) is 16.5. The molecule has 0 radical (unpaired) electrons. The maximum absolute atomic E-state index is 13.1. The number of rotatable bonds is 6. The first-order valence-electron chi connectivity index (χ1n) is 8.88. The zero-order valence-electron chi connectivity index (χ0n) is 15.8. The van der Waals surface area contributed by atoms with Crippen molar-refractivity contribution >= 4 is 68.3 Å². The van der Waals surface area contributed by atoms with E-state index in [9.17, 15) is 9.59 Å². The molecule has 2 aromatic heterocycles. The molecule has 0 unspecified atom stereocenters. The molecular formula is C21H16ClN3O2S3. The molecule has 0 aliphatic carbocycles. The van der Waals surface area contributed by atoms with Crippen LogP contribution in [0.25, 0.3) is 15.9 Å². The van der Waals surface area contributed by atoms with Gasteiger partial charge in [0.2, 0.25) is 5.91 Å². The van der Waals surface area contributed by atoms with E-state index >= 15 is 0 Å². The number of carbonyl (C=O) groups is 1. The Kier molecular flexibility index (Phi) is 6.48. The van der Waals surface area contributed by atoms with Crippen LogP contribution >= 0.6 is 46.5 Å². The number of benzene rings is 2. The van der Waals surface area contributed by atoms with Gasteiger partial charge in [-0.05, 0) is 54.1 Å². The predicted molar refractivity (Wildman–Crippen MR) is 128 cm³/mol. The summed E-state index contributed by atoms with van der Waals surface area (Å²) in [5.74, 6) is -0.0536. The third kappa shape index (κ3) is 4.57. The topological polar surface area (TPSA) is 64.0 Å². The molecule has 0 aliphatic heterocycles. The summed E-state index contributed by atoms with van der Waals surface area (Å²) in [6.45, 7) is 0. The van der Waals surface area contributed by atoms with Crippen LogP contribution in [-0.2, 0) is 4.79 Å². The number of aromatic nitrogens is 2. The monoisotopic (exact) mass is 473 g/mol. The number of hydrogen-bond donors (Lipinski definition) is 1. The van der Waals surface area contributed by atoms with Crippen LogP contribution in [0, 0.1) is 0 Å². The van der Waals surface area contributed by atoms with Crippen LogP contribution < -0.4 is 10.9 Å². The second-order valence-corrected chi connectivity index (χ2v) is 9.39. The third-order valence-electron chi connectivity index (χ3n) is 4.20.